The molecule has 0 bridgehead atoms. The highest BCUT2D eigenvalue weighted by atomic mass is 19.4. The molecule has 0 radical (unpaired) electrons. The number of anilines is 1. The van der Waals surface area contributed by atoms with E-state index < -0.39 is 12.3 Å². The van der Waals surface area contributed by atoms with Gasteiger partial charge in [0.1, 0.15) is 11.6 Å². The second kappa shape index (κ2) is 8.04. The highest BCUT2D eigenvalue weighted by molar-refractivity contribution is 5.86. The number of alkyl halides is 3. The number of rotatable bonds is 6. The standard InChI is InChI=1S/C15H20F3N5O3/c16-15(17,18)26-11-5-3-10(4-6-11)23-7-1-2-9(8-23)21-13(19)12(22-20)14(24)25/h3-6,9,21-22H,1-2,7-8,19-20H2,(H,24,25)/b13-12+. The van der Waals surface area contributed by atoms with Crippen LogP contribution in [0.25, 0.3) is 0 Å². The molecule has 2 rings (SSSR count). The van der Waals surface area contributed by atoms with Gasteiger partial charge in [-0.3, -0.25) is 5.84 Å². The van der Waals surface area contributed by atoms with Gasteiger partial charge in [-0.2, -0.15) is 0 Å². The summed E-state index contributed by atoms with van der Waals surface area (Å²) in [6, 6.07) is 5.42. The summed E-state index contributed by atoms with van der Waals surface area (Å²) in [5, 5.41) is 11.9. The van der Waals surface area contributed by atoms with Gasteiger partial charge in [0.05, 0.1) is 0 Å². The lowest BCUT2D eigenvalue weighted by molar-refractivity contribution is -0.274. The number of nitrogens with one attached hydrogen (secondary N) is 2. The zero-order valence-corrected chi connectivity index (χ0v) is 13.7. The Hall–Kier alpha value is -2.82. The summed E-state index contributed by atoms with van der Waals surface area (Å²) in [5.74, 6) is 3.48. The normalized spacial score (nSPS) is 18.8. The van der Waals surface area contributed by atoms with E-state index in [0.29, 0.717) is 13.1 Å². The summed E-state index contributed by atoms with van der Waals surface area (Å²) in [4.78, 5) is 13.0. The van der Waals surface area contributed by atoms with Gasteiger partial charge in [-0.05, 0) is 37.1 Å². The van der Waals surface area contributed by atoms with Crippen molar-refractivity contribution in [1.82, 2.24) is 10.7 Å². The molecule has 26 heavy (non-hydrogen) atoms. The number of hydrogen-bond acceptors (Lipinski definition) is 7. The second-order valence-corrected chi connectivity index (χ2v) is 5.71. The SMILES string of the molecule is NN/C(C(=O)O)=C(\N)NC1CCCN(c2ccc(OC(F)(F)F)cc2)C1. The fourth-order valence-electron chi connectivity index (χ4n) is 2.73. The van der Waals surface area contributed by atoms with Crippen LogP contribution in [-0.4, -0.2) is 36.6 Å². The van der Waals surface area contributed by atoms with Crippen LogP contribution in [0.4, 0.5) is 18.9 Å². The smallest absolute Gasteiger partial charge is 0.476 e. The summed E-state index contributed by atoms with van der Waals surface area (Å²) in [6.45, 7) is 1.21. The van der Waals surface area contributed by atoms with Gasteiger partial charge in [0.15, 0.2) is 5.70 Å². The summed E-state index contributed by atoms with van der Waals surface area (Å²) in [5.41, 5.74) is 8.15. The van der Waals surface area contributed by atoms with Gasteiger partial charge in [0.2, 0.25) is 0 Å². The lowest BCUT2D eigenvalue weighted by atomic mass is 10.0. The number of piperidine rings is 1. The van der Waals surface area contributed by atoms with E-state index in [1.54, 1.807) is 0 Å². The number of ether oxygens (including phenoxy) is 1. The van der Waals surface area contributed by atoms with Crippen molar-refractivity contribution in [2.45, 2.75) is 25.2 Å². The van der Waals surface area contributed by atoms with Gasteiger partial charge in [0, 0.05) is 24.8 Å². The molecule has 0 spiro atoms. The van der Waals surface area contributed by atoms with E-state index in [-0.39, 0.29) is 23.3 Å². The zero-order valence-electron chi connectivity index (χ0n) is 13.7. The maximum absolute atomic E-state index is 12.2. The second-order valence-electron chi connectivity index (χ2n) is 5.71. The monoisotopic (exact) mass is 375 g/mol. The highest BCUT2D eigenvalue weighted by Gasteiger charge is 2.31. The summed E-state index contributed by atoms with van der Waals surface area (Å²) < 4.78 is 40.5. The molecule has 1 aliphatic rings. The van der Waals surface area contributed by atoms with Gasteiger partial charge in [-0.15, -0.1) is 13.2 Å². The van der Waals surface area contributed by atoms with Crippen LogP contribution in [0.1, 0.15) is 12.8 Å². The Morgan fingerprint density at radius 2 is 1.96 bits per heavy atom. The molecule has 0 aromatic heterocycles. The first-order chi connectivity index (χ1) is 12.2. The molecule has 1 unspecified atom stereocenters. The Morgan fingerprint density at radius 3 is 2.50 bits per heavy atom. The van der Waals surface area contributed by atoms with Crippen molar-refractivity contribution in [2.75, 3.05) is 18.0 Å². The number of carbonyl (C=O) groups is 1. The molecular weight excluding hydrogens is 355 g/mol. The highest BCUT2D eigenvalue weighted by Crippen LogP contribution is 2.26. The third-order valence-electron chi connectivity index (χ3n) is 3.84. The van der Waals surface area contributed by atoms with E-state index in [9.17, 15) is 18.0 Å². The fraction of sp³-hybridized carbons (Fsp3) is 0.400. The Balaban J connectivity index is 2.03. The predicted molar refractivity (Wildman–Crippen MR) is 87.7 cm³/mol. The first-order valence-corrected chi connectivity index (χ1v) is 7.76. The molecule has 1 fully saturated rings. The van der Waals surface area contributed by atoms with Crippen LogP contribution in [0, 0.1) is 0 Å². The topological polar surface area (TPSA) is 126 Å². The van der Waals surface area contributed by atoms with Gasteiger partial charge >= 0.3 is 12.3 Å². The lowest BCUT2D eigenvalue weighted by Gasteiger charge is -2.35. The predicted octanol–water partition coefficient (Wildman–Crippen LogP) is 0.819. The minimum absolute atomic E-state index is 0.0826. The zero-order chi connectivity index (χ0) is 19.3. The van der Waals surface area contributed by atoms with Crippen LogP contribution < -0.4 is 32.0 Å². The van der Waals surface area contributed by atoms with Gasteiger partial charge in [-0.1, -0.05) is 0 Å². The largest absolute Gasteiger partial charge is 0.573 e. The average molecular weight is 375 g/mol. The maximum Gasteiger partial charge on any atom is 0.573 e. The molecule has 1 aromatic carbocycles. The van der Waals surface area contributed by atoms with Crippen LogP contribution in [-0.2, 0) is 4.79 Å². The molecule has 1 atom stereocenters. The molecule has 1 aliphatic heterocycles. The molecule has 0 aliphatic carbocycles. The number of benzene rings is 1. The van der Waals surface area contributed by atoms with E-state index in [4.69, 9.17) is 16.7 Å². The quantitative estimate of drug-likeness (QED) is 0.281. The lowest BCUT2D eigenvalue weighted by Crippen LogP contribution is -2.48. The van der Waals surface area contributed by atoms with Crippen molar-refractivity contribution >= 4 is 11.7 Å². The third-order valence-corrected chi connectivity index (χ3v) is 3.84. The van der Waals surface area contributed by atoms with Crippen molar-refractivity contribution in [1.29, 1.82) is 0 Å². The molecule has 0 amide bonds. The summed E-state index contributed by atoms with van der Waals surface area (Å²) >= 11 is 0. The molecule has 7 N–H and O–H groups in total. The molecular formula is C15H20F3N5O3. The maximum atomic E-state index is 12.2. The molecule has 1 aromatic rings. The summed E-state index contributed by atoms with van der Waals surface area (Å²) in [7, 11) is 0. The third kappa shape index (κ3) is 5.34. The Kier molecular flexibility index (Phi) is 6.03. The Bertz CT molecular complexity index is 663. The first-order valence-electron chi connectivity index (χ1n) is 7.76. The minimum atomic E-state index is -4.73. The Morgan fingerprint density at radius 1 is 1.31 bits per heavy atom. The molecule has 8 nitrogen and oxygen atoms in total. The number of aliphatic carboxylic acids is 1. The van der Waals surface area contributed by atoms with E-state index >= 15 is 0 Å². The van der Waals surface area contributed by atoms with Crippen molar-refractivity contribution in [2.24, 2.45) is 11.6 Å². The van der Waals surface area contributed by atoms with Crippen molar-refractivity contribution in [3.63, 3.8) is 0 Å². The minimum Gasteiger partial charge on any atom is -0.476 e. The van der Waals surface area contributed by atoms with Gasteiger partial charge in [0.25, 0.3) is 0 Å². The number of halogens is 3. The van der Waals surface area contributed by atoms with Crippen LogP contribution >= 0.6 is 0 Å². The van der Waals surface area contributed by atoms with E-state index in [2.05, 4.69) is 10.1 Å². The molecule has 1 saturated heterocycles. The van der Waals surface area contributed by atoms with Crippen LogP contribution in [0.15, 0.2) is 35.8 Å². The number of hydrazine groups is 1. The van der Waals surface area contributed by atoms with Crippen molar-refractivity contribution in [3.05, 3.63) is 35.8 Å². The number of carboxylic acids is 1. The van der Waals surface area contributed by atoms with Crippen LogP contribution in [0.2, 0.25) is 0 Å². The van der Waals surface area contributed by atoms with E-state index in [1.807, 2.05) is 10.3 Å². The molecule has 0 saturated carbocycles. The summed E-state index contributed by atoms with van der Waals surface area (Å²) in [6.07, 6.45) is -3.18. The first kappa shape index (κ1) is 19.5. The number of nitrogens with zero attached hydrogens (tertiary/aromatic N) is 1. The average Bonchev–Trinajstić information content (AvgIpc) is 2.54. The number of hydrogen-bond donors (Lipinski definition) is 5. The van der Waals surface area contributed by atoms with Crippen molar-refractivity contribution < 1.29 is 27.8 Å². The van der Waals surface area contributed by atoms with Crippen molar-refractivity contribution in [3.8, 4) is 5.75 Å². The van der Waals surface area contributed by atoms with Crippen LogP contribution in [0.3, 0.4) is 0 Å². The van der Waals surface area contributed by atoms with Crippen LogP contribution in [0.5, 0.6) is 5.75 Å². The number of nitrogens with two attached hydrogens (primary N) is 2. The number of carboxylic acid groups (broad SMARTS) is 1. The van der Waals surface area contributed by atoms with Gasteiger partial charge < -0.3 is 31.2 Å². The Labute approximate surface area is 147 Å². The van der Waals surface area contributed by atoms with E-state index in [1.165, 1.54) is 24.3 Å². The molecule has 1 heterocycles. The van der Waals surface area contributed by atoms with Gasteiger partial charge in [-0.25, -0.2) is 4.79 Å². The fourth-order valence-corrected chi connectivity index (χ4v) is 2.73. The molecule has 144 valence electrons. The van der Waals surface area contributed by atoms with E-state index in [0.717, 1.165) is 18.5 Å². The molecule has 11 heteroatoms.